The molecular formula is C16H17N3O2S2. The number of imidazole rings is 1. The van der Waals surface area contributed by atoms with Crippen molar-refractivity contribution < 1.29 is 9.00 Å². The quantitative estimate of drug-likeness (QED) is 0.711. The van der Waals surface area contributed by atoms with E-state index in [1.54, 1.807) is 0 Å². The number of fused-ring (bicyclic) bond motifs is 1. The molecule has 0 aliphatic carbocycles. The number of carbonyl (C=O) groups is 1. The third-order valence-electron chi connectivity index (χ3n) is 3.31. The molecule has 0 saturated carbocycles. The van der Waals surface area contributed by atoms with Crippen LogP contribution in [-0.2, 0) is 27.8 Å². The average Bonchev–Trinajstić information content (AvgIpc) is 3.09. The van der Waals surface area contributed by atoms with Crippen LogP contribution in [0, 0.1) is 0 Å². The molecule has 5 nitrogen and oxygen atoms in total. The second-order valence-corrected chi connectivity index (χ2v) is 7.58. The van der Waals surface area contributed by atoms with E-state index >= 15 is 0 Å². The average molecular weight is 347 g/mol. The lowest BCUT2D eigenvalue weighted by Crippen LogP contribution is -2.29. The van der Waals surface area contributed by atoms with E-state index in [1.165, 1.54) is 11.3 Å². The maximum Gasteiger partial charge on any atom is 0.226 e. The Balaban J connectivity index is 1.40. The molecule has 0 unspecified atom stereocenters. The molecule has 1 atom stereocenters. The highest BCUT2D eigenvalue weighted by molar-refractivity contribution is 7.84. The zero-order valence-corrected chi connectivity index (χ0v) is 14.1. The van der Waals surface area contributed by atoms with Crippen LogP contribution in [0.15, 0.2) is 48.1 Å². The SMILES string of the molecule is O=C(Cc1cn2ccsc2n1)NCC[S@](=O)Cc1ccccc1. The summed E-state index contributed by atoms with van der Waals surface area (Å²) in [6.07, 6.45) is 4.03. The number of thiazole rings is 1. The van der Waals surface area contributed by atoms with Gasteiger partial charge in [0, 0.05) is 46.6 Å². The minimum atomic E-state index is -0.973. The topological polar surface area (TPSA) is 63.5 Å². The fourth-order valence-corrected chi connectivity index (χ4v) is 3.98. The minimum Gasteiger partial charge on any atom is -0.355 e. The molecule has 0 fully saturated rings. The Morgan fingerprint density at radius 1 is 1.30 bits per heavy atom. The Kier molecular flexibility index (Phi) is 5.19. The second-order valence-electron chi connectivity index (χ2n) is 5.13. The van der Waals surface area contributed by atoms with Crippen molar-refractivity contribution in [2.75, 3.05) is 12.3 Å². The Labute approximate surface area is 140 Å². The monoisotopic (exact) mass is 347 g/mol. The lowest BCUT2D eigenvalue weighted by atomic mass is 10.2. The number of hydrogen-bond donors (Lipinski definition) is 1. The molecule has 0 aliphatic rings. The predicted molar refractivity (Wildman–Crippen MR) is 92.9 cm³/mol. The lowest BCUT2D eigenvalue weighted by molar-refractivity contribution is -0.120. The van der Waals surface area contributed by atoms with Gasteiger partial charge in [-0.05, 0) is 5.56 Å². The fourth-order valence-electron chi connectivity index (χ4n) is 2.22. The van der Waals surface area contributed by atoms with Crippen LogP contribution in [0.4, 0.5) is 0 Å². The highest BCUT2D eigenvalue weighted by atomic mass is 32.2. The third kappa shape index (κ3) is 4.49. The van der Waals surface area contributed by atoms with Gasteiger partial charge in [0.25, 0.3) is 0 Å². The Hall–Kier alpha value is -1.99. The molecule has 1 aromatic carbocycles. The first-order valence-corrected chi connectivity index (χ1v) is 9.64. The molecule has 0 radical (unpaired) electrons. The van der Waals surface area contributed by atoms with E-state index < -0.39 is 10.8 Å². The van der Waals surface area contributed by atoms with Gasteiger partial charge in [0.15, 0.2) is 4.96 Å². The van der Waals surface area contributed by atoms with E-state index in [-0.39, 0.29) is 12.3 Å². The standard InChI is InChI=1S/C16H17N3O2S2/c20-15(10-14-11-19-7-8-22-16(19)18-14)17-6-9-23(21)12-13-4-2-1-3-5-13/h1-5,7-8,11H,6,9-10,12H2,(H,17,20)/t23-/m0/s1. The van der Waals surface area contributed by atoms with Crippen LogP contribution >= 0.6 is 11.3 Å². The third-order valence-corrected chi connectivity index (χ3v) is 5.39. The van der Waals surface area contributed by atoms with Crippen LogP contribution in [0.5, 0.6) is 0 Å². The molecule has 3 aromatic rings. The van der Waals surface area contributed by atoms with Crippen LogP contribution in [0.1, 0.15) is 11.3 Å². The van der Waals surface area contributed by atoms with Crippen LogP contribution in [-0.4, -0.2) is 31.8 Å². The lowest BCUT2D eigenvalue weighted by Gasteiger charge is -2.05. The minimum absolute atomic E-state index is 0.0903. The number of aromatic nitrogens is 2. The van der Waals surface area contributed by atoms with E-state index in [0.717, 1.165) is 16.2 Å². The van der Waals surface area contributed by atoms with E-state index in [1.807, 2.05) is 52.5 Å². The summed E-state index contributed by atoms with van der Waals surface area (Å²) in [6, 6.07) is 9.72. The van der Waals surface area contributed by atoms with Crippen LogP contribution in [0.25, 0.3) is 4.96 Å². The van der Waals surface area contributed by atoms with Crippen molar-refractivity contribution in [3.63, 3.8) is 0 Å². The molecule has 0 bridgehead atoms. The van der Waals surface area contributed by atoms with Gasteiger partial charge in [-0.25, -0.2) is 4.98 Å². The molecule has 2 heterocycles. The normalized spacial score (nSPS) is 12.3. The number of nitrogens with one attached hydrogen (secondary N) is 1. The van der Waals surface area contributed by atoms with Crippen LogP contribution < -0.4 is 5.32 Å². The van der Waals surface area contributed by atoms with Crippen LogP contribution in [0.3, 0.4) is 0 Å². The molecule has 3 rings (SSSR count). The van der Waals surface area contributed by atoms with Gasteiger partial charge in [-0.1, -0.05) is 30.3 Å². The summed E-state index contributed by atoms with van der Waals surface area (Å²) in [4.78, 5) is 17.2. The number of hydrogen-bond acceptors (Lipinski definition) is 4. The van der Waals surface area contributed by atoms with Crippen molar-refractivity contribution >= 4 is 33.0 Å². The molecule has 120 valence electrons. The Morgan fingerprint density at radius 3 is 2.91 bits per heavy atom. The van der Waals surface area contributed by atoms with Crippen molar-refractivity contribution in [3.8, 4) is 0 Å². The number of amides is 1. The fraction of sp³-hybridized carbons (Fsp3) is 0.250. The largest absolute Gasteiger partial charge is 0.355 e. The maximum absolute atomic E-state index is 12.0. The number of benzene rings is 1. The molecule has 2 aromatic heterocycles. The van der Waals surface area contributed by atoms with Gasteiger partial charge in [0.2, 0.25) is 5.91 Å². The van der Waals surface area contributed by atoms with E-state index in [9.17, 15) is 9.00 Å². The number of nitrogens with zero attached hydrogens (tertiary/aromatic N) is 2. The van der Waals surface area contributed by atoms with Crippen molar-refractivity contribution in [2.45, 2.75) is 12.2 Å². The first-order valence-electron chi connectivity index (χ1n) is 7.27. The van der Waals surface area contributed by atoms with Gasteiger partial charge in [-0.15, -0.1) is 11.3 Å². The van der Waals surface area contributed by atoms with Gasteiger partial charge in [-0.2, -0.15) is 0 Å². The highest BCUT2D eigenvalue weighted by Gasteiger charge is 2.09. The van der Waals surface area contributed by atoms with E-state index in [0.29, 0.717) is 18.1 Å². The van der Waals surface area contributed by atoms with Crippen molar-refractivity contribution in [2.24, 2.45) is 0 Å². The molecular weight excluding hydrogens is 330 g/mol. The summed E-state index contributed by atoms with van der Waals surface area (Å²) >= 11 is 1.54. The Bertz CT molecular complexity index is 782. The number of rotatable bonds is 7. The maximum atomic E-state index is 12.0. The smallest absolute Gasteiger partial charge is 0.226 e. The van der Waals surface area contributed by atoms with Crippen molar-refractivity contribution in [1.29, 1.82) is 0 Å². The summed E-state index contributed by atoms with van der Waals surface area (Å²) in [5.74, 6) is 0.889. The van der Waals surface area contributed by atoms with Gasteiger partial charge in [0.05, 0.1) is 12.1 Å². The van der Waals surface area contributed by atoms with Crippen LogP contribution in [0.2, 0.25) is 0 Å². The Morgan fingerprint density at radius 2 is 2.13 bits per heavy atom. The summed E-state index contributed by atoms with van der Waals surface area (Å²) in [5.41, 5.74) is 1.80. The number of carbonyl (C=O) groups excluding carboxylic acids is 1. The molecule has 23 heavy (non-hydrogen) atoms. The second kappa shape index (κ2) is 7.52. The summed E-state index contributed by atoms with van der Waals surface area (Å²) in [7, 11) is -0.973. The predicted octanol–water partition coefficient (Wildman–Crippen LogP) is 2.00. The van der Waals surface area contributed by atoms with E-state index in [2.05, 4.69) is 10.3 Å². The summed E-state index contributed by atoms with van der Waals surface area (Å²) < 4.78 is 13.9. The van der Waals surface area contributed by atoms with Gasteiger partial charge >= 0.3 is 0 Å². The molecule has 7 heteroatoms. The van der Waals surface area contributed by atoms with E-state index in [4.69, 9.17) is 0 Å². The molecule has 0 saturated heterocycles. The zero-order valence-electron chi connectivity index (χ0n) is 12.5. The molecule has 0 aliphatic heterocycles. The summed E-state index contributed by atoms with van der Waals surface area (Å²) in [6.45, 7) is 0.417. The first kappa shape index (κ1) is 15.9. The zero-order chi connectivity index (χ0) is 16.1. The van der Waals surface area contributed by atoms with Gasteiger partial charge < -0.3 is 5.32 Å². The van der Waals surface area contributed by atoms with Crippen molar-refractivity contribution in [1.82, 2.24) is 14.7 Å². The highest BCUT2D eigenvalue weighted by Crippen LogP contribution is 2.11. The molecule has 0 spiro atoms. The van der Waals surface area contributed by atoms with Gasteiger partial charge in [-0.3, -0.25) is 13.4 Å². The molecule has 1 N–H and O–H groups in total. The summed E-state index contributed by atoms with van der Waals surface area (Å²) in [5, 5.41) is 4.76. The van der Waals surface area contributed by atoms with Gasteiger partial charge in [0.1, 0.15) is 0 Å². The molecule has 1 amide bonds. The first-order chi connectivity index (χ1) is 11.2. The van der Waals surface area contributed by atoms with Crippen molar-refractivity contribution in [3.05, 3.63) is 59.4 Å².